The summed E-state index contributed by atoms with van der Waals surface area (Å²) in [4.78, 5) is 1.14. The quantitative estimate of drug-likeness (QED) is 0.710. The Labute approximate surface area is 134 Å². The molecule has 2 aromatic rings. The van der Waals surface area contributed by atoms with E-state index < -0.39 is 0 Å². The second-order valence-corrected chi connectivity index (χ2v) is 6.36. The van der Waals surface area contributed by atoms with Crippen LogP contribution in [0.4, 0.5) is 4.39 Å². The average Bonchev–Trinajstić information content (AvgIpc) is 2.49. The van der Waals surface area contributed by atoms with Crippen LogP contribution in [0.3, 0.4) is 0 Å². The minimum atomic E-state index is -0.205. The van der Waals surface area contributed by atoms with E-state index in [1.165, 1.54) is 11.6 Å². The first-order valence-electron chi connectivity index (χ1n) is 7.00. The SMILES string of the molecule is CCNC(C)c1cccc(SCc2cc(Cl)ccc2F)c1. The monoisotopic (exact) mass is 323 g/mol. The zero-order valence-corrected chi connectivity index (χ0v) is 13.8. The zero-order chi connectivity index (χ0) is 15.2. The summed E-state index contributed by atoms with van der Waals surface area (Å²) in [6.45, 7) is 5.17. The molecule has 0 bridgehead atoms. The fourth-order valence-electron chi connectivity index (χ4n) is 2.11. The smallest absolute Gasteiger partial charge is 0.127 e. The fraction of sp³-hybridized carbons (Fsp3) is 0.294. The van der Waals surface area contributed by atoms with E-state index in [4.69, 9.17) is 11.6 Å². The predicted molar refractivity (Wildman–Crippen MR) is 89.5 cm³/mol. The van der Waals surface area contributed by atoms with Crippen molar-refractivity contribution in [2.24, 2.45) is 0 Å². The third-order valence-corrected chi connectivity index (χ3v) is 4.55. The summed E-state index contributed by atoms with van der Waals surface area (Å²) in [5.41, 5.74) is 1.88. The standard InChI is InChI=1S/C17H19ClFNS/c1-3-20-12(2)13-5-4-6-16(10-13)21-11-14-9-15(18)7-8-17(14)19/h4-10,12,20H,3,11H2,1-2H3. The van der Waals surface area contributed by atoms with E-state index in [9.17, 15) is 4.39 Å². The minimum Gasteiger partial charge on any atom is -0.310 e. The molecule has 0 saturated heterocycles. The van der Waals surface area contributed by atoms with Gasteiger partial charge in [0.1, 0.15) is 5.82 Å². The van der Waals surface area contributed by atoms with Crippen LogP contribution in [0.15, 0.2) is 47.4 Å². The van der Waals surface area contributed by atoms with Crippen LogP contribution < -0.4 is 5.32 Å². The number of halogens is 2. The molecule has 1 N–H and O–H groups in total. The van der Waals surface area contributed by atoms with Crippen molar-refractivity contribution in [3.8, 4) is 0 Å². The Balaban J connectivity index is 2.06. The Morgan fingerprint density at radius 3 is 2.81 bits per heavy atom. The molecule has 0 fully saturated rings. The van der Waals surface area contributed by atoms with Crippen LogP contribution in [-0.4, -0.2) is 6.54 Å². The lowest BCUT2D eigenvalue weighted by atomic mass is 10.1. The Bertz CT molecular complexity index is 603. The van der Waals surface area contributed by atoms with E-state index in [-0.39, 0.29) is 5.82 Å². The Morgan fingerprint density at radius 2 is 2.05 bits per heavy atom. The third kappa shape index (κ3) is 4.73. The highest BCUT2D eigenvalue weighted by Crippen LogP contribution is 2.27. The van der Waals surface area contributed by atoms with E-state index in [1.54, 1.807) is 23.9 Å². The molecule has 2 rings (SSSR count). The van der Waals surface area contributed by atoms with Gasteiger partial charge in [0.25, 0.3) is 0 Å². The van der Waals surface area contributed by atoms with Gasteiger partial charge in [-0.15, -0.1) is 11.8 Å². The summed E-state index contributed by atoms with van der Waals surface area (Å²) in [7, 11) is 0. The molecule has 4 heteroatoms. The highest BCUT2D eigenvalue weighted by atomic mass is 35.5. The molecule has 1 unspecified atom stereocenters. The minimum absolute atomic E-state index is 0.205. The molecule has 21 heavy (non-hydrogen) atoms. The maximum atomic E-state index is 13.7. The number of hydrogen-bond donors (Lipinski definition) is 1. The molecule has 0 radical (unpaired) electrons. The van der Waals surface area contributed by atoms with Crippen LogP contribution in [-0.2, 0) is 5.75 Å². The molecule has 1 nitrogen and oxygen atoms in total. The molecule has 0 aliphatic heterocycles. The van der Waals surface area contributed by atoms with E-state index in [1.807, 2.05) is 6.07 Å². The van der Waals surface area contributed by atoms with Crippen molar-refractivity contribution in [3.05, 3.63) is 64.4 Å². The van der Waals surface area contributed by atoms with Crippen LogP contribution in [0.1, 0.15) is 31.0 Å². The van der Waals surface area contributed by atoms with Crippen LogP contribution >= 0.6 is 23.4 Å². The molecule has 0 spiro atoms. The molecular weight excluding hydrogens is 305 g/mol. The highest BCUT2D eigenvalue weighted by molar-refractivity contribution is 7.98. The van der Waals surface area contributed by atoms with E-state index in [0.717, 1.165) is 11.4 Å². The van der Waals surface area contributed by atoms with Crippen LogP contribution in [0.25, 0.3) is 0 Å². The van der Waals surface area contributed by atoms with Gasteiger partial charge in [-0.3, -0.25) is 0 Å². The Morgan fingerprint density at radius 1 is 1.24 bits per heavy atom. The van der Waals surface area contributed by atoms with E-state index in [0.29, 0.717) is 22.4 Å². The number of thioether (sulfide) groups is 1. The molecule has 0 aliphatic carbocycles. The molecular formula is C17H19ClFNS. The number of rotatable bonds is 6. The van der Waals surface area contributed by atoms with E-state index in [2.05, 4.69) is 37.4 Å². The molecule has 0 saturated carbocycles. The second-order valence-electron chi connectivity index (χ2n) is 4.88. The highest BCUT2D eigenvalue weighted by Gasteiger charge is 2.07. The average molecular weight is 324 g/mol. The number of benzene rings is 2. The van der Waals surface area contributed by atoms with Crippen molar-refractivity contribution >= 4 is 23.4 Å². The van der Waals surface area contributed by atoms with Gasteiger partial charge in [-0.05, 0) is 54.9 Å². The summed E-state index contributed by atoms with van der Waals surface area (Å²) < 4.78 is 13.7. The first-order chi connectivity index (χ1) is 10.1. The molecule has 2 aromatic carbocycles. The number of hydrogen-bond acceptors (Lipinski definition) is 2. The molecule has 0 amide bonds. The van der Waals surface area contributed by atoms with Crippen molar-refractivity contribution in [2.45, 2.75) is 30.5 Å². The van der Waals surface area contributed by atoms with Crippen molar-refractivity contribution in [1.29, 1.82) is 0 Å². The summed E-state index contributed by atoms with van der Waals surface area (Å²) in [5, 5.41) is 3.96. The normalized spacial score (nSPS) is 12.4. The van der Waals surface area contributed by atoms with E-state index >= 15 is 0 Å². The van der Waals surface area contributed by atoms with Gasteiger partial charge in [0.15, 0.2) is 0 Å². The lowest BCUT2D eigenvalue weighted by molar-refractivity contribution is 0.597. The summed E-state index contributed by atoms with van der Waals surface area (Å²) in [5.74, 6) is 0.370. The van der Waals surface area contributed by atoms with Gasteiger partial charge in [0.2, 0.25) is 0 Å². The van der Waals surface area contributed by atoms with Crippen molar-refractivity contribution in [1.82, 2.24) is 5.32 Å². The molecule has 1 atom stereocenters. The predicted octanol–water partition coefficient (Wildman–Crippen LogP) is 5.44. The van der Waals surface area contributed by atoms with Gasteiger partial charge in [-0.1, -0.05) is 30.7 Å². The topological polar surface area (TPSA) is 12.0 Å². The van der Waals surface area contributed by atoms with Crippen molar-refractivity contribution in [2.75, 3.05) is 6.54 Å². The molecule has 112 valence electrons. The summed E-state index contributed by atoms with van der Waals surface area (Å²) in [6, 6.07) is 13.4. The lowest BCUT2D eigenvalue weighted by Gasteiger charge is -2.13. The summed E-state index contributed by atoms with van der Waals surface area (Å²) in [6.07, 6.45) is 0. The third-order valence-electron chi connectivity index (χ3n) is 3.27. The molecule has 0 aliphatic rings. The first kappa shape index (κ1) is 16.3. The lowest BCUT2D eigenvalue weighted by Crippen LogP contribution is -2.17. The largest absolute Gasteiger partial charge is 0.310 e. The van der Waals surface area contributed by atoms with Gasteiger partial charge in [0.05, 0.1) is 0 Å². The van der Waals surface area contributed by atoms with Gasteiger partial charge in [0, 0.05) is 21.7 Å². The maximum absolute atomic E-state index is 13.7. The van der Waals surface area contributed by atoms with Gasteiger partial charge < -0.3 is 5.32 Å². The summed E-state index contributed by atoms with van der Waals surface area (Å²) >= 11 is 7.54. The first-order valence-corrected chi connectivity index (χ1v) is 8.36. The fourth-order valence-corrected chi connectivity index (χ4v) is 3.25. The van der Waals surface area contributed by atoms with Crippen molar-refractivity contribution < 1.29 is 4.39 Å². The van der Waals surface area contributed by atoms with Crippen molar-refractivity contribution in [3.63, 3.8) is 0 Å². The van der Waals surface area contributed by atoms with Gasteiger partial charge >= 0.3 is 0 Å². The Kier molecular flexibility index (Phi) is 6.09. The van der Waals surface area contributed by atoms with Crippen LogP contribution in [0.5, 0.6) is 0 Å². The number of nitrogens with one attached hydrogen (secondary N) is 1. The zero-order valence-electron chi connectivity index (χ0n) is 12.2. The molecule has 0 heterocycles. The van der Waals surface area contributed by atoms with Crippen LogP contribution in [0.2, 0.25) is 5.02 Å². The van der Waals surface area contributed by atoms with Crippen LogP contribution in [0, 0.1) is 5.82 Å². The Hall–Kier alpha value is -1.03. The second kappa shape index (κ2) is 7.83. The van der Waals surface area contributed by atoms with Gasteiger partial charge in [-0.25, -0.2) is 4.39 Å². The van der Waals surface area contributed by atoms with Gasteiger partial charge in [-0.2, -0.15) is 0 Å². The molecule has 0 aromatic heterocycles. The maximum Gasteiger partial charge on any atom is 0.127 e.